The fourth-order valence-corrected chi connectivity index (χ4v) is 4.32. The third-order valence-corrected chi connectivity index (χ3v) is 6.62. The summed E-state index contributed by atoms with van der Waals surface area (Å²) in [5.41, 5.74) is 0.982. The minimum Gasteiger partial charge on any atom is -0.490 e. The molecule has 0 spiro atoms. The van der Waals surface area contributed by atoms with Crippen LogP contribution < -0.4 is 20.7 Å². The topological polar surface area (TPSA) is 128 Å². The van der Waals surface area contributed by atoms with Gasteiger partial charge in [-0.05, 0) is 56.4 Å². The summed E-state index contributed by atoms with van der Waals surface area (Å²) in [5, 5.41) is 8.76. The molecule has 44 heavy (non-hydrogen) atoms. The molecule has 1 heterocycles. The molecule has 0 radical (unpaired) electrons. The molecule has 10 heteroatoms. The number of alkyl carbamates (subject to hydrolysis) is 2. The molecule has 10 nitrogen and oxygen atoms in total. The van der Waals surface area contributed by atoms with Crippen LogP contribution in [0.3, 0.4) is 0 Å². The van der Waals surface area contributed by atoms with E-state index in [1.54, 1.807) is 45.3 Å². The highest BCUT2D eigenvalue weighted by molar-refractivity contribution is 5.78. The molecule has 3 aromatic rings. The molecule has 0 saturated heterocycles. The maximum atomic E-state index is 13.5. The summed E-state index contributed by atoms with van der Waals surface area (Å²) in [6.07, 6.45) is 2.09. The Bertz CT molecular complexity index is 1300. The van der Waals surface area contributed by atoms with Crippen molar-refractivity contribution < 1.29 is 28.6 Å². The van der Waals surface area contributed by atoms with Gasteiger partial charge in [-0.25, -0.2) is 9.59 Å². The molecule has 236 valence electrons. The van der Waals surface area contributed by atoms with Crippen LogP contribution in [0.1, 0.15) is 52.2 Å². The summed E-state index contributed by atoms with van der Waals surface area (Å²) in [6, 6.07) is 20.5. The van der Waals surface area contributed by atoms with Gasteiger partial charge in [0.05, 0.1) is 24.3 Å². The van der Waals surface area contributed by atoms with Crippen LogP contribution in [-0.4, -0.2) is 53.4 Å². The predicted molar refractivity (Wildman–Crippen MR) is 168 cm³/mol. The number of rotatable bonds is 14. The minimum absolute atomic E-state index is 0.0511. The zero-order valence-electron chi connectivity index (χ0n) is 26.1. The molecule has 0 bridgehead atoms. The van der Waals surface area contributed by atoms with E-state index in [1.807, 2.05) is 74.5 Å². The van der Waals surface area contributed by atoms with E-state index < -0.39 is 29.9 Å². The molecule has 0 aliphatic heterocycles. The first-order valence-corrected chi connectivity index (χ1v) is 14.8. The monoisotopic (exact) mass is 604 g/mol. The Morgan fingerprint density at radius 3 is 2.00 bits per heavy atom. The second-order valence-electron chi connectivity index (χ2n) is 11.9. The minimum atomic E-state index is -0.835. The van der Waals surface area contributed by atoms with Crippen molar-refractivity contribution in [2.24, 2.45) is 5.92 Å². The SMILES string of the molecule is CC(C)[C@H](COc1cccnc1)NC(=O)C[C@H](NC(=O)OCc1ccccc1)C(Cc1ccccc1)NC(=O)OC(C)(C)C. The van der Waals surface area contributed by atoms with Gasteiger partial charge in [0.15, 0.2) is 0 Å². The maximum Gasteiger partial charge on any atom is 0.407 e. The lowest BCUT2D eigenvalue weighted by Crippen LogP contribution is -2.56. The van der Waals surface area contributed by atoms with Gasteiger partial charge in [-0.3, -0.25) is 9.78 Å². The highest BCUT2D eigenvalue weighted by Crippen LogP contribution is 2.14. The predicted octanol–water partition coefficient (Wildman–Crippen LogP) is 5.42. The van der Waals surface area contributed by atoms with Gasteiger partial charge in [0.1, 0.15) is 24.6 Å². The average Bonchev–Trinajstić information content (AvgIpc) is 2.98. The molecule has 0 saturated carbocycles. The van der Waals surface area contributed by atoms with Crippen LogP contribution in [-0.2, 0) is 27.3 Å². The van der Waals surface area contributed by atoms with E-state index in [2.05, 4.69) is 20.9 Å². The van der Waals surface area contributed by atoms with Crippen molar-refractivity contribution in [2.75, 3.05) is 6.61 Å². The molecule has 0 aliphatic rings. The molecule has 3 atom stereocenters. The number of carbonyl (C=O) groups is 3. The van der Waals surface area contributed by atoms with Crippen molar-refractivity contribution in [3.05, 3.63) is 96.3 Å². The Hall–Kier alpha value is -4.60. The maximum absolute atomic E-state index is 13.5. The van der Waals surface area contributed by atoms with Gasteiger partial charge < -0.3 is 30.2 Å². The summed E-state index contributed by atoms with van der Waals surface area (Å²) in [6.45, 7) is 9.55. The number of nitrogens with one attached hydrogen (secondary N) is 3. The zero-order valence-corrected chi connectivity index (χ0v) is 26.1. The highest BCUT2D eigenvalue weighted by Gasteiger charge is 2.31. The molecule has 3 amide bonds. The molecule has 3 rings (SSSR count). The van der Waals surface area contributed by atoms with E-state index in [9.17, 15) is 14.4 Å². The van der Waals surface area contributed by atoms with Gasteiger partial charge in [-0.1, -0.05) is 74.5 Å². The van der Waals surface area contributed by atoms with Crippen LogP contribution in [0.2, 0.25) is 0 Å². The van der Waals surface area contributed by atoms with E-state index >= 15 is 0 Å². The molecule has 0 fully saturated rings. The molecule has 3 N–H and O–H groups in total. The zero-order chi connectivity index (χ0) is 32.0. The van der Waals surface area contributed by atoms with Crippen molar-refractivity contribution in [2.45, 2.75) is 77.8 Å². The second kappa shape index (κ2) is 16.9. The molecule has 1 aromatic heterocycles. The number of pyridine rings is 1. The Balaban J connectivity index is 1.79. The number of hydrogen-bond donors (Lipinski definition) is 3. The van der Waals surface area contributed by atoms with Crippen LogP contribution in [0.25, 0.3) is 0 Å². The summed E-state index contributed by atoms with van der Waals surface area (Å²) in [7, 11) is 0. The van der Waals surface area contributed by atoms with E-state index in [1.165, 1.54) is 0 Å². The van der Waals surface area contributed by atoms with Gasteiger partial charge in [0, 0.05) is 12.6 Å². The largest absolute Gasteiger partial charge is 0.490 e. The quantitative estimate of drug-likeness (QED) is 0.224. The number of benzene rings is 2. The van der Waals surface area contributed by atoms with Crippen molar-refractivity contribution >= 4 is 18.1 Å². The summed E-state index contributed by atoms with van der Waals surface area (Å²) in [5.74, 6) is 0.325. The highest BCUT2D eigenvalue weighted by atomic mass is 16.6. The molecular formula is C34H44N4O6. The summed E-state index contributed by atoms with van der Waals surface area (Å²) < 4.78 is 16.9. The van der Waals surface area contributed by atoms with E-state index in [4.69, 9.17) is 14.2 Å². The number of aromatic nitrogens is 1. The van der Waals surface area contributed by atoms with Crippen LogP contribution in [0.5, 0.6) is 5.75 Å². The molecule has 0 aliphatic carbocycles. The summed E-state index contributed by atoms with van der Waals surface area (Å²) in [4.78, 5) is 43.5. The first-order chi connectivity index (χ1) is 21.0. The fourth-order valence-electron chi connectivity index (χ4n) is 4.32. The number of ether oxygens (including phenoxy) is 3. The molecule has 2 aromatic carbocycles. The summed E-state index contributed by atoms with van der Waals surface area (Å²) >= 11 is 0. The standard InChI is InChI=1S/C34H44N4O6/c1-24(2)30(23-42-27-17-12-18-35-21-27)36-31(39)20-29(37-32(40)43-22-26-15-10-7-11-16-26)28(19-25-13-8-6-9-14-25)38-33(41)44-34(3,4)5/h6-18,21,24,28-30H,19-20,22-23H2,1-5H3,(H,36,39)(H,37,40)(H,38,41)/t28?,29-,30-/m0/s1. The van der Waals surface area contributed by atoms with E-state index in [0.717, 1.165) is 11.1 Å². The second-order valence-corrected chi connectivity index (χ2v) is 11.9. The molecule has 1 unspecified atom stereocenters. The lowest BCUT2D eigenvalue weighted by Gasteiger charge is -2.31. The Morgan fingerprint density at radius 2 is 1.41 bits per heavy atom. The number of amides is 3. The van der Waals surface area contributed by atoms with Crippen molar-refractivity contribution in [3.8, 4) is 5.75 Å². The first kappa shape index (κ1) is 33.9. The third kappa shape index (κ3) is 12.7. The Morgan fingerprint density at radius 1 is 0.773 bits per heavy atom. The van der Waals surface area contributed by atoms with E-state index in [-0.39, 0.29) is 37.5 Å². The van der Waals surface area contributed by atoms with Crippen LogP contribution in [0.4, 0.5) is 9.59 Å². The lowest BCUT2D eigenvalue weighted by atomic mass is 9.96. The van der Waals surface area contributed by atoms with Crippen LogP contribution in [0, 0.1) is 5.92 Å². The van der Waals surface area contributed by atoms with Crippen molar-refractivity contribution in [3.63, 3.8) is 0 Å². The Labute approximate surface area is 259 Å². The van der Waals surface area contributed by atoms with Gasteiger partial charge in [-0.2, -0.15) is 0 Å². The van der Waals surface area contributed by atoms with Crippen molar-refractivity contribution in [1.29, 1.82) is 0 Å². The lowest BCUT2D eigenvalue weighted by molar-refractivity contribution is -0.123. The van der Waals surface area contributed by atoms with Crippen LogP contribution >= 0.6 is 0 Å². The number of nitrogens with zero attached hydrogens (tertiary/aromatic N) is 1. The van der Waals surface area contributed by atoms with Gasteiger partial charge in [-0.15, -0.1) is 0 Å². The fraction of sp³-hybridized carbons (Fsp3) is 0.412. The third-order valence-electron chi connectivity index (χ3n) is 6.62. The first-order valence-electron chi connectivity index (χ1n) is 14.8. The number of hydrogen-bond acceptors (Lipinski definition) is 7. The van der Waals surface area contributed by atoms with Gasteiger partial charge in [0.25, 0.3) is 0 Å². The molecular weight excluding hydrogens is 560 g/mol. The average molecular weight is 605 g/mol. The number of carbonyl (C=O) groups excluding carboxylic acids is 3. The normalized spacial score (nSPS) is 13.2. The van der Waals surface area contributed by atoms with Gasteiger partial charge >= 0.3 is 12.2 Å². The van der Waals surface area contributed by atoms with Gasteiger partial charge in [0.2, 0.25) is 5.91 Å². The van der Waals surface area contributed by atoms with Crippen molar-refractivity contribution in [1.82, 2.24) is 20.9 Å². The van der Waals surface area contributed by atoms with E-state index in [0.29, 0.717) is 12.2 Å². The smallest absolute Gasteiger partial charge is 0.407 e. The van der Waals surface area contributed by atoms with Crippen LogP contribution in [0.15, 0.2) is 85.2 Å². The Kier molecular flexibility index (Phi) is 13.0.